The van der Waals surface area contributed by atoms with E-state index in [-0.39, 0.29) is 36.8 Å². The van der Waals surface area contributed by atoms with Crippen LogP contribution < -0.4 is 25.8 Å². The fourth-order valence-electron chi connectivity index (χ4n) is 3.33. The Bertz CT molecular complexity index is 983. The van der Waals surface area contributed by atoms with E-state index in [0.29, 0.717) is 55.8 Å². The lowest BCUT2D eigenvalue weighted by Gasteiger charge is -2.27. The molecule has 0 aliphatic carbocycles. The van der Waals surface area contributed by atoms with E-state index in [9.17, 15) is 14.4 Å². The number of hydrogen-bond donors (Lipinski definition) is 3. The molecule has 1 aliphatic heterocycles. The van der Waals surface area contributed by atoms with Gasteiger partial charge in [0.1, 0.15) is 5.75 Å². The van der Waals surface area contributed by atoms with Crippen LogP contribution in [0.3, 0.4) is 0 Å². The lowest BCUT2D eigenvalue weighted by molar-refractivity contribution is -0.124. The second kappa shape index (κ2) is 11.3. The van der Waals surface area contributed by atoms with Crippen LogP contribution in [-0.4, -0.2) is 61.2 Å². The Morgan fingerprint density at radius 2 is 1.91 bits per heavy atom. The maximum atomic E-state index is 12.5. The van der Waals surface area contributed by atoms with E-state index in [4.69, 9.17) is 9.47 Å². The summed E-state index contributed by atoms with van der Waals surface area (Å²) >= 11 is 0. The van der Waals surface area contributed by atoms with E-state index in [1.54, 1.807) is 31.2 Å². The minimum absolute atomic E-state index is 0.0822. The standard InChI is InChI=1S/C22H29N5O5/c1-3-32-17-6-4-16(5-7-17)25-20(29)14-23-19(28)9-8-18-15(2)24-22(26-21(18)30)27-10-12-31-13-11-27/h4-7H,3,8-14H2,1-2H3,(H,23,28)(H,25,29)(H,24,26,30). The average Bonchev–Trinajstić information content (AvgIpc) is 2.79. The molecule has 1 saturated heterocycles. The van der Waals surface area contributed by atoms with Crippen molar-refractivity contribution in [2.75, 3.05) is 49.7 Å². The summed E-state index contributed by atoms with van der Waals surface area (Å²) in [6.07, 6.45) is 0.322. The molecule has 0 saturated carbocycles. The minimum Gasteiger partial charge on any atom is -0.494 e. The Morgan fingerprint density at radius 3 is 2.56 bits per heavy atom. The van der Waals surface area contributed by atoms with Crippen molar-refractivity contribution in [1.82, 2.24) is 15.3 Å². The van der Waals surface area contributed by atoms with Gasteiger partial charge in [0.15, 0.2) is 0 Å². The van der Waals surface area contributed by atoms with E-state index >= 15 is 0 Å². The van der Waals surface area contributed by atoms with Gasteiger partial charge in [-0.1, -0.05) is 0 Å². The predicted octanol–water partition coefficient (Wildman–Crippen LogP) is 1.00. The van der Waals surface area contributed by atoms with Crippen molar-refractivity contribution in [3.8, 4) is 5.75 Å². The van der Waals surface area contributed by atoms with Crippen LogP contribution in [0.4, 0.5) is 11.6 Å². The van der Waals surface area contributed by atoms with Gasteiger partial charge in [-0.3, -0.25) is 19.4 Å². The number of aryl methyl sites for hydroxylation is 1. The Hall–Kier alpha value is -3.40. The maximum Gasteiger partial charge on any atom is 0.255 e. The second-order valence-electron chi connectivity index (χ2n) is 7.34. The van der Waals surface area contributed by atoms with Crippen LogP contribution in [0.5, 0.6) is 5.75 Å². The quantitative estimate of drug-likeness (QED) is 0.528. The van der Waals surface area contributed by atoms with Gasteiger partial charge in [0.2, 0.25) is 17.8 Å². The first-order chi connectivity index (χ1) is 15.5. The number of ether oxygens (including phenoxy) is 2. The monoisotopic (exact) mass is 443 g/mol. The van der Waals surface area contributed by atoms with Crippen LogP contribution in [0.1, 0.15) is 24.6 Å². The summed E-state index contributed by atoms with van der Waals surface area (Å²) in [4.78, 5) is 46.0. The third-order valence-corrected chi connectivity index (χ3v) is 5.02. The van der Waals surface area contributed by atoms with Crippen molar-refractivity contribution in [3.63, 3.8) is 0 Å². The molecule has 2 amide bonds. The van der Waals surface area contributed by atoms with Crippen LogP contribution in [0.2, 0.25) is 0 Å². The third kappa shape index (κ3) is 6.55. The first-order valence-electron chi connectivity index (χ1n) is 10.7. The second-order valence-corrected chi connectivity index (χ2v) is 7.34. The number of nitrogens with zero attached hydrogens (tertiary/aromatic N) is 2. The molecule has 0 spiro atoms. The van der Waals surface area contributed by atoms with Gasteiger partial charge in [0.05, 0.1) is 26.4 Å². The van der Waals surface area contributed by atoms with Crippen molar-refractivity contribution in [3.05, 3.63) is 45.9 Å². The number of rotatable bonds is 9. The fraction of sp³-hybridized carbons (Fsp3) is 0.455. The molecular formula is C22H29N5O5. The number of aromatic nitrogens is 2. The van der Waals surface area contributed by atoms with Gasteiger partial charge in [-0.05, 0) is 44.5 Å². The number of morpholine rings is 1. The molecular weight excluding hydrogens is 414 g/mol. The average molecular weight is 444 g/mol. The molecule has 32 heavy (non-hydrogen) atoms. The molecule has 1 aliphatic rings. The molecule has 0 atom stereocenters. The summed E-state index contributed by atoms with van der Waals surface area (Å²) in [6, 6.07) is 6.98. The molecule has 2 aromatic rings. The molecule has 172 valence electrons. The maximum absolute atomic E-state index is 12.5. The van der Waals surface area contributed by atoms with Gasteiger partial charge < -0.3 is 25.0 Å². The number of anilines is 2. The molecule has 3 N–H and O–H groups in total. The van der Waals surface area contributed by atoms with Crippen molar-refractivity contribution >= 4 is 23.5 Å². The Balaban J connectivity index is 1.46. The lowest BCUT2D eigenvalue weighted by atomic mass is 10.1. The van der Waals surface area contributed by atoms with Crippen LogP contribution in [0, 0.1) is 6.92 Å². The fourth-order valence-corrected chi connectivity index (χ4v) is 3.33. The smallest absolute Gasteiger partial charge is 0.255 e. The zero-order valence-corrected chi connectivity index (χ0v) is 18.4. The Kier molecular flexibility index (Phi) is 8.20. The van der Waals surface area contributed by atoms with Gasteiger partial charge in [-0.2, -0.15) is 0 Å². The summed E-state index contributed by atoms with van der Waals surface area (Å²) in [5, 5.41) is 5.28. The summed E-state index contributed by atoms with van der Waals surface area (Å²) < 4.78 is 10.7. The topological polar surface area (TPSA) is 126 Å². The van der Waals surface area contributed by atoms with Crippen LogP contribution in [0.25, 0.3) is 0 Å². The van der Waals surface area contributed by atoms with Crippen LogP contribution in [-0.2, 0) is 20.7 Å². The highest BCUT2D eigenvalue weighted by Gasteiger charge is 2.17. The van der Waals surface area contributed by atoms with Crippen molar-refractivity contribution in [1.29, 1.82) is 0 Å². The van der Waals surface area contributed by atoms with E-state index in [1.807, 2.05) is 11.8 Å². The highest BCUT2D eigenvalue weighted by Crippen LogP contribution is 2.15. The highest BCUT2D eigenvalue weighted by atomic mass is 16.5. The molecule has 0 radical (unpaired) electrons. The first-order valence-corrected chi connectivity index (χ1v) is 10.7. The van der Waals surface area contributed by atoms with E-state index < -0.39 is 0 Å². The minimum atomic E-state index is -0.340. The number of hydrogen-bond acceptors (Lipinski definition) is 7. The summed E-state index contributed by atoms with van der Waals surface area (Å²) in [5.41, 5.74) is 1.42. The molecule has 0 unspecified atom stereocenters. The number of benzene rings is 1. The normalized spacial score (nSPS) is 13.5. The lowest BCUT2D eigenvalue weighted by Crippen LogP contribution is -2.39. The number of carbonyl (C=O) groups is 2. The summed E-state index contributed by atoms with van der Waals surface area (Å²) in [7, 11) is 0. The van der Waals surface area contributed by atoms with Gasteiger partial charge in [0.25, 0.3) is 5.56 Å². The zero-order chi connectivity index (χ0) is 22.9. The van der Waals surface area contributed by atoms with E-state index in [1.165, 1.54) is 0 Å². The summed E-state index contributed by atoms with van der Waals surface area (Å²) in [6.45, 7) is 6.59. The number of carbonyl (C=O) groups excluding carboxylic acids is 2. The van der Waals surface area contributed by atoms with Crippen LogP contribution >= 0.6 is 0 Å². The predicted molar refractivity (Wildman–Crippen MR) is 120 cm³/mol. The number of H-pyrrole nitrogens is 1. The summed E-state index contributed by atoms with van der Waals surface area (Å²) in [5.74, 6) is 0.586. The van der Waals surface area contributed by atoms with Gasteiger partial charge >= 0.3 is 0 Å². The largest absolute Gasteiger partial charge is 0.494 e. The molecule has 10 nitrogen and oxygen atoms in total. The third-order valence-electron chi connectivity index (χ3n) is 5.02. The first kappa shape index (κ1) is 23.3. The number of nitrogens with one attached hydrogen (secondary N) is 3. The molecule has 1 aromatic heterocycles. The molecule has 2 heterocycles. The van der Waals surface area contributed by atoms with Crippen molar-refractivity contribution in [2.45, 2.75) is 26.7 Å². The SMILES string of the molecule is CCOc1ccc(NC(=O)CNC(=O)CCc2c(C)nc(N3CCOCC3)[nH]c2=O)cc1. The van der Waals surface area contributed by atoms with E-state index in [0.717, 1.165) is 5.75 Å². The van der Waals surface area contributed by atoms with Gasteiger partial charge in [-0.25, -0.2) is 4.98 Å². The Labute approximate surface area is 186 Å². The molecule has 1 aromatic carbocycles. The van der Waals surface area contributed by atoms with Gasteiger partial charge in [0, 0.05) is 36.5 Å². The van der Waals surface area contributed by atoms with Crippen molar-refractivity contribution < 1.29 is 19.1 Å². The molecule has 1 fully saturated rings. The van der Waals surface area contributed by atoms with Crippen LogP contribution in [0.15, 0.2) is 29.1 Å². The number of aromatic amines is 1. The zero-order valence-electron chi connectivity index (χ0n) is 18.4. The molecule has 0 bridgehead atoms. The Morgan fingerprint density at radius 1 is 1.19 bits per heavy atom. The number of amides is 2. The molecule has 10 heteroatoms. The van der Waals surface area contributed by atoms with Crippen molar-refractivity contribution in [2.24, 2.45) is 0 Å². The highest BCUT2D eigenvalue weighted by molar-refractivity contribution is 5.94. The molecule has 3 rings (SSSR count). The van der Waals surface area contributed by atoms with Gasteiger partial charge in [-0.15, -0.1) is 0 Å². The van der Waals surface area contributed by atoms with E-state index in [2.05, 4.69) is 20.6 Å².